The van der Waals surface area contributed by atoms with E-state index in [4.69, 9.17) is 11.6 Å². The largest absolute Gasteiger partial charge is 0.279 e. The van der Waals surface area contributed by atoms with Crippen LogP contribution in [0.1, 0.15) is 0 Å². The number of nitrogens with zero attached hydrogens (tertiary/aromatic N) is 2. The lowest BCUT2D eigenvalue weighted by molar-refractivity contribution is 0.315. The fourth-order valence-corrected chi connectivity index (χ4v) is 3.16. The summed E-state index contributed by atoms with van der Waals surface area (Å²) >= 11 is 5.87. The van der Waals surface area contributed by atoms with Gasteiger partial charge in [0.25, 0.3) is 10.0 Å². The Labute approximate surface area is 123 Å². The van der Waals surface area contributed by atoms with E-state index in [-0.39, 0.29) is 26.6 Å². The average Bonchev–Trinajstić information content (AvgIpc) is 2.88. The Morgan fingerprint density at radius 2 is 1.90 bits per heavy atom. The Balaban J connectivity index is 2.09. The molecule has 0 amide bonds. The predicted molar refractivity (Wildman–Crippen MR) is 74.0 cm³/mol. The van der Waals surface area contributed by atoms with Crippen molar-refractivity contribution >= 4 is 38.3 Å². The van der Waals surface area contributed by atoms with Crippen molar-refractivity contribution in [2.24, 2.45) is 0 Å². The first-order valence-electron chi connectivity index (χ1n) is 5.66. The summed E-state index contributed by atoms with van der Waals surface area (Å²) in [5, 5.41) is 7.30. The van der Waals surface area contributed by atoms with Crippen molar-refractivity contribution in [3.63, 3.8) is 0 Å². The van der Waals surface area contributed by atoms with E-state index >= 15 is 0 Å². The van der Waals surface area contributed by atoms with Gasteiger partial charge in [0.15, 0.2) is 11.0 Å². The van der Waals surface area contributed by atoms with Crippen molar-refractivity contribution in [3.8, 4) is 0 Å². The number of rotatable bonds is 3. The van der Waals surface area contributed by atoms with E-state index < -0.39 is 15.8 Å². The van der Waals surface area contributed by atoms with Gasteiger partial charge in [-0.05, 0) is 40.6 Å². The molecule has 0 fully saturated rings. The van der Waals surface area contributed by atoms with Crippen molar-refractivity contribution in [3.05, 3.63) is 47.2 Å². The average molecular weight is 328 g/mol. The Hall–Kier alpha value is -2.19. The van der Waals surface area contributed by atoms with Gasteiger partial charge in [0.1, 0.15) is 10.7 Å². The Kier molecular flexibility index (Phi) is 3.26. The standard InChI is InChI=1S/C12H7ClFN3O3S/c13-9-4-5-10(12-11(9)15-20-16-12)21(18,19)17-8-3-1-2-7(14)6-8/h1-6,17H. The minimum absolute atomic E-state index is 0.00593. The number of aromatic nitrogens is 2. The van der Waals surface area contributed by atoms with Crippen LogP contribution in [0.4, 0.5) is 10.1 Å². The van der Waals surface area contributed by atoms with E-state index in [2.05, 4.69) is 19.7 Å². The summed E-state index contributed by atoms with van der Waals surface area (Å²) in [6.07, 6.45) is 0. The molecule has 1 aromatic heterocycles. The first-order chi connectivity index (χ1) is 9.97. The maximum absolute atomic E-state index is 13.1. The summed E-state index contributed by atoms with van der Waals surface area (Å²) in [6.45, 7) is 0. The number of halogens is 2. The third-order valence-corrected chi connectivity index (χ3v) is 4.41. The van der Waals surface area contributed by atoms with Gasteiger partial charge in [-0.2, -0.15) is 0 Å². The van der Waals surface area contributed by atoms with Crippen molar-refractivity contribution in [2.75, 3.05) is 4.72 Å². The maximum atomic E-state index is 13.1. The van der Waals surface area contributed by atoms with Gasteiger partial charge in [-0.15, -0.1) is 0 Å². The molecule has 2 aromatic carbocycles. The number of benzene rings is 2. The van der Waals surface area contributed by atoms with E-state index in [1.165, 1.54) is 30.3 Å². The van der Waals surface area contributed by atoms with Crippen LogP contribution in [0.25, 0.3) is 11.0 Å². The molecular formula is C12H7ClFN3O3S. The first-order valence-corrected chi connectivity index (χ1v) is 7.53. The molecule has 3 aromatic rings. The molecular weight excluding hydrogens is 321 g/mol. The Bertz CT molecular complexity index is 926. The predicted octanol–water partition coefficient (Wildman–Crippen LogP) is 2.82. The lowest BCUT2D eigenvalue weighted by Gasteiger charge is -2.08. The number of hydrogen-bond donors (Lipinski definition) is 1. The first kappa shape index (κ1) is 13.8. The van der Waals surface area contributed by atoms with Gasteiger partial charge in [0.2, 0.25) is 0 Å². The number of fused-ring (bicyclic) bond motifs is 1. The van der Waals surface area contributed by atoms with E-state index in [9.17, 15) is 12.8 Å². The van der Waals surface area contributed by atoms with Crippen LogP contribution in [0.2, 0.25) is 5.02 Å². The van der Waals surface area contributed by atoms with Crippen LogP contribution in [-0.4, -0.2) is 18.7 Å². The van der Waals surface area contributed by atoms with Crippen molar-refractivity contribution in [1.82, 2.24) is 10.3 Å². The van der Waals surface area contributed by atoms with Crippen molar-refractivity contribution < 1.29 is 17.4 Å². The van der Waals surface area contributed by atoms with Crippen LogP contribution < -0.4 is 4.72 Å². The second-order valence-electron chi connectivity index (χ2n) is 4.12. The molecule has 1 N–H and O–H groups in total. The highest BCUT2D eigenvalue weighted by atomic mass is 35.5. The number of sulfonamides is 1. The second-order valence-corrected chi connectivity index (χ2v) is 6.18. The Morgan fingerprint density at radius 1 is 1.14 bits per heavy atom. The van der Waals surface area contributed by atoms with Gasteiger partial charge in [-0.3, -0.25) is 4.72 Å². The molecule has 1 heterocycles. The number of anilines is 1. The lowest BCUT2D eigenvalue weighted by Crippen LogP contribution is -2.13. The molecule has 9 heteroatoms. The topological polar surface area (TPSA) is 85.1 Å². The number of nitrogens with one attached hydrogen (secondary N) is 1. The van der Waals surface area contributed by atoms with Crippen LogP contribution in [0.3, 0.4) is 0 Å². The zero-order valence-electron chi connectivity index (χ0n) is 10.2. The molecule has 0 atom stereocenters. The highest BCUT2D eigenvalue weighted by molar-refractivity contribution is 7.93. The molecule has 6 nitrogen and oxygen atoms in total. The van der Waals surface area contributed by atoms with Crippen LogP contribution in [0, 0.1) is 5.82 Å². The van der Waals surface area contributed by atoms with Crippen molar-refractivity contribution in [2.45, 2.75) is 4.90 Å². The molecule has 108 valence electrons. The normalized spacial score (nSPS) is 11.7. The zero-order valence-corrected chi connectivity index (χ0v) is 11.8. The van der Waals surface area contributed by atoms with Crippen LogP contribution in [-0.2, 0) is 10.0 Å². The summed E-state index contributed by atoms with van der Waals surface area (Å²) in [5.41, 5.74) is 0.236. The quantitative estimate of drug-likeness (QED) is 0.799. The minimum atomic E-state index is -3.98. The van der Waals surface area contributed by atoms with Gasteiger partial charge in [-0.25, -0.2) is 17.4 Å². The summed E-state index contributed by atoms with van der Waals surface area (Å²) in [7, 11) is -3.98. The van der Waals surface area contributed by atoms with Crippen LogP contribution >= 0.6 is 11.6 Å². The summed E-state index contributed by atoms with van der Waals surface area (Å²) in [4.78, 5) is -0.160. The molecule has 0 bridgehead atoms. The van der Waals surface area contributed by atoms with Crippen LogP contribution in [0.15, 0.2) is 45.9 Å². The smallest absolute Gasteiger partial charge is 0.264 e. The van der Waals surface area contributed by atoms with Gasteiger partial charge in [-0.1, -0.05) is 17.7 Å². The van der Waals surface area contributed by atoms with Gasteiger partial charge in [0.05, 0.1) is 10.7 Å². The third-order valence-electron chi connectivity index (χ3n) is 2.70. The molecule has 0 aliphatic carbocycles. The molecule has 3 rings (SSSR count). The van der Waals surface area contributed by atoms with E-state index in [0.29, 0.717) is 0 Å². The highest BCUT2D eigenvalue weighted by Gasteiger charge is 2.22. The molecule has 0 unspecified atom stereocenters. The van der Waals surface area contributed by atoms with Gasteiger partial charge < -0.3 is 0 Å². The van der Waals surface area contributed by atoms with E-state index in [0.717, 1.165) is 6.07 Å². The molecule has 0 aliphatic rings. The summed E-state index contributed by atoms with van der Waals surface area (Å²) in [6, 6.07) is 7.73. The molecule has 0 radical (unpaired) electrons. The SMILES string of the molecule is O=S(=O)(Nc1cccc(F)c1)c1ccc(Cl)c2nonc12. The molecule has 0 saturated heterocycles. The van der Waals surface area contributed by atoms with Crippen LogP contribution in [0.5, 0.6) is 0 Å². The number of hydrogen-bond acceptors (Lipinski definition) is 5. The molecule has 0 saturated carbocycles. The summed E-state index contributed by atoms with van der Waals surface area (Å²) in [5.74, 6) is -0.556. The third kappa shape index (κ3) is 2.55. The maximum Gasteiger partial charge on any atom is 0.264 e. The van der Waals surface area contributed by atoms with E-state index in [1.807, 2.05) is 0 Å². The summed E-state index contributed by atoms with van der Waals surface area (Å²) < 4.78 is 44.6. The minimum Gasteiger partial charge on any atom is -0.279 e. The highest BCUT2D eigenvalue weighted by Crippen LogP contribution is 2.27. The monoisotopic (exact) mass is 327 g/mol. The second kappa shape index (κ2) is 4.97. The molecule has 0 aliphatic heterocycles. The molecule has 21 heavy (non-hydrogen) atoms. The van der Waals surface area contributed by atoms with E-state index in [1.54, 1.807) is 0 Å². The fraction of sp³-hybridized carbons (Fsp3) is 0. The lowest BCUT2D eigenvalue weighted by atomic mass is 10.3. The zero-order chi connectivity index (χ0) is 15.0. The van der Waals surface area contributed by atoms with Gasteiger partial charge in [0, 0.05) is 0 Å². The van der Waals surface area contributed by atoms with Gasteiger partial charge >= 0.3 is 0 Å². The molecule has 0 spiro atoms. The van der Waals surface area contributed by atoms with Crippen molar-refractivity contribution in [1.29, 1.82) is 0 Å². The Morgan fingerprint density at radius 3 is 2.67 bits per heavy atom. The fourth-order valence-electron chi connectivity index (χ4n) is 1.79.